The summed E-state index contributed by atoms with van der Waals surface area (Å²) in [6.07, 6.45) is 1.77. The lowest BCUT2D eigenvalue weighted by molar-refractivity contribution is 0.0546. The van der Waals surface area contributed by atoms with Crippen LogP contribution in [0.3, 0.4) is 0 Å². The quantitative estimate of drug-likeness (QED) is 0.733. The number of para-hydroxylation sites is 1. The second kappa shape index (κ2) is 8.69. The minimum atomic E-state index is 0. The van der Waals surface area contributed by atoms with E-state index in [2.05, 4.69) is 4.98 Å². The van der Waals surface area contributed by atoms with Crippen LogP contribution in [0.4, 0.5) is 0 Å². The van der Waals surface area contributed by atoms with Gasteiger partial charge in [0.1, 0.15) is 17.9 Å². The van der Waals surface area contributed by atoms with Crippen LogP contribution < -0.4 is 4.74 Å². The molecule has 0 saturated heterocycles. The van der Waals surface area contributed by atoms with E-state index in [1.165, 1.54) is 0 Å². The SMILES string of the molecule is COCCOCCOc1cccc2cccnc12.Cl. The fourth-order valence-corrected chi connectivity index (χ4v) is 1.65. The first kappa shape index (κ1) is 15.7. The van der Waals surface area contributed by atoms with Crippen LogP contribution in [0.1, 0.15) is 0 Å². The number of nitrogens with zero attached hydrogens (tertiary/aromatic N) is 1. The zero-order valence-electron chi connectivity index (χ0n) is 10.9. The fourth-order valence-electron chi connectivity index (χ4n) is 1.65. The predicted octanol–water partition coefficient (Wildman–Crippen LogP) is 2.70. The molecular weight excluding hydrogens is 266 g/mol. The van der Waals surface area contributed by atoms with Gasteiger partial charge in [0, 0.05) is 18.7 Å². The summed E-state index contributed by atoms with van der Waals surface area (Å²) in [6.45, 7) is 2.26. The zero-order chi connectivity index (χ0) is 12.6. The van der Waals surface area contributed by atoms with E-state index in [1.807, 2.05) is 30.3 Å². The van der Waals surface area contributed by atoms with Gasteiger partial charge >= 0.3 is 0 Å². The van der Waals surface area contributed by atoms with E-state index >= 15 is 0 Å². The molecule has 2 rings (SSSR count). The number of benzene rings is 1. The first-order valence-electron chi connectivity index (χ1n) is 5.95. The molecule has 5 heteroatoms. The molecule has 0 spiro atoms. The summed E-state index contributed by atoms with van der Waals surface area (Å²) < 4.78 is 15.9. The molecule has 0 saturated carbocycles. The molecule has 0 aliphatic rings. The molecule has 0 radical (unpaired) electrons. The van der Waals surface area contributed by atoms with Crippen molar-refractivity contribution in [2.75, 3.05) is 33.5 Å². The molecule has 1 aromatic carbocycles. The molecule has 2 aromatic rings. The maximum absolute atomic E-state index is 5.67. The van der Waals surface area contributed by atoms with Crippen LogP contribution >= 0.6 is 12.4 Å². The first-order valence-corrected chi connectivity index (χ1v) is 5.95. The van der Waals surface area contributed by atoms with Crippen molar-refractivity contribution < 1.29 is 14.2 Å². The summed E-state index contributed by atoms with van der Waals surface area (Å²) in [7, 11) is 1.65. The van der Waals surface area contributed by atoms with E-state index in [9.17, 15) is 0 Å². The van der Waals surface area contributed by atoms with Gasteiger partial charge in [-0.25, -0.2) is 0 Å². The highest BCUT2D eigenvalue weighted by Crippen LogP contribution is 2.22. The Bertz CT molecular complexity index is 488. The van der Waals surface area contributed by atoms with Gasteiger partial charge in [-0.1, -0.05) is 18.2 Å². The second-order valence-corrected chi connectivity index (χ2v) is 3.78. The Balaban J connectivity index is 0.00000180. The predicted molar refractivity (Wildman–Crippen MR) is 77.2 cm³/mol. The van der Waals surface area contributed by atoms with Gasteiger partial charge in [0.05, 0.1) is 19.8 Å². The molecule has 1 aromatic heterocycles. The highest BCUT2D eigenvalue weighted by molar-refractivity contribution is 5.85. The number of aromatic nitrogens is 1. The van der Waals surface area contributed by atoms with E-state index in [-0.39, 0.29) is 12.4 Å². The average Bonchev–Trinajstić information content (AvgIpc) is 2.43. The lowest BCUT2D eigenvalue weighted by atomic mass is 10.2. The van der Waals surface area contributed by atoms with E-state index < -0.39 is 0 Å². The number of ether oxygens (including phenoxy) is 3. The van der Waals surface area contributed by atoms with Gasteiger partial charge < -0.3 is 14.2 Å². The minimum absolute atomic E-state index is 0. The number of hydrogen-bond acceptors (Lipinski definition) is 4. The molecule has 4 nitrogen and oxygen atoms in total. The fraction of sp³-hybridized carbons (Fsp3) is 0.357. The van der Waals surface area contributed by atoms with Gasteiger partial charge in [0.2, 0.25) is 0 Å². The number of hydrogen-bond donors (Lipinski definition) is 0. The Hall–Kier alpha value is -1.36. The molecule has 0 fully saturated rings. The molecule has 0 amide bonds. The standard InChI is InChI=1S/C14H17NO3.ClH/c1-16-8-9-17-10-11-18-13-6-2-4-12-5-3-7-15-14(12)13;/h2-7H,8-11H2,1H3;1H. The second-order valence-electron chi connectivity index (χ2n) is 3.78. The van der Waals surface area contributed by atoms with Crippen molar-refractivity contribution in [3.8, 4) is 5.75 Å². The Morgan fingerprint density at radius 3 is 2.63 bits per heavy atom. The van der Waals surface area contributed by atoms with Crippen LogP contribution in [0.25, 0.3) is 10.9 Å². The van der Waals surface area contributed by atoms with Gasteiger partial charge in [-0.2, -0.15) is 0 Å². The summed E-state index contributed by atoms with van der Waals surface area (Å²) in [5.41, 5.74) is 0.886. The Kier molecular flexibility index (Phi) is 7.18. The first-order chi connectivity index (χ1) is 8.92. The number of rotatable bonds is 7. The lowest BCUT2D eigenvalue weighted by Gasteiger charge is -2.08. The van der Waals surface area contributed by atoms with Crippen LogP contribution in [0.15, 0.2) is 36.5 Å². The summed E-state index contributed by atoms with van der Waals surface area (Å²) in [5, 5.41) is 1.08. The topological polar surface area (TPSA) is 40.6 Å². The van der Waals surface area contributed by atoms with E-state index in [1.54, 1.807) is 13.3 Å². The summed E-state index contributed by atoms with van der Waals surface area (Å²) >= 11 is 0. The summed E-state index contributed by atoms with van der Waals surface area (Å²) in [6, 6.07) is 9.84. The van der Waals surface area contributed by atoms with Crippen molar-refractivity contribution in [2.45, 2.75) is 0 Å². The Morgan fingerprint density at radius 1 is 1.00 bits per heavy atom. The average molecular weight is 284 g/mol. The molecule has 0 atom stereocenters. The smallest absolute Gasteiger partial charge is 0.145 e. The van der Waals surface area contributed by atoms with Gasteiger partial charge in [-0.3, -0.25) is 4.98 Å². The summed E-state index contributed by atoms with van der Waals surface area (Å²) in [5.74, 6) is 0.795. The normalized spacial score (nSPS) is 10.2. The number of halogens is 1. The lowest BCUT2D eigenvalue weighted by Crippen LogP contribution is -2.10. The van der Waals surface area contributed by atoms with Crippen molar-refractivity contribution in [3.63, 3.8) is 0 Å². The third-order valence-electron chi connectivity index (χ3n) is 2.51. The van der Waals surface area contributed by atoms with Gasteiger partial charge in [0.25, 0.3) is 0 Å². The van der Waals surface area contributed by atoms with Crippen molar-refractivity contribution in [1.29, 1.82) is 0 Å². The van der Waals surface area contributed by atoms with Crippen LogP contribution in [0.2, 0.25) is 0 Å². The largest absolute Gasteiger partial charge is 0.489 e. The molecule has 0 aliphatic carbocycles. The Labute approximate surface area is 119 Å². The van der Waals surface area contributed by atoms with Gasteiger partial charge in [0.15, 0.2) is 0 Å². The van der Waals surface area contributed by atoms with E-state index in [0.29, 0.717) is 26.4 Å². The molecule has 1 heterocycles. The molecule has 0 bridgehead atoms. The highest BCUT2D eigenvalue weighted by Gasteiger charge is 2.01. The van der Waals surface area contributed by atoms with Crippen LogP contribution in [0, 0.1) is 0 Å². The van der Waals surface area contributed by atoms with Crippen molar-refractivity contribution in [3.05, 3.63) is 36.5 Å². The molecular formula is C14H18ClNO3. The molecule has 19 heavy (non-hydrogen) atoms. The van der Waals surface area contributed by atoms with Gasteiger partial charge in [-0.15, -0.1) is 12.4 Å². The van der Waals surface area contributed by atoms with E-state index in [4.69, 9.17) is 14.2 Å². The monoisotopic (exact) mass is 283 g/mol. The van der Waals surface area contributed by atoms with Crippen molar-refractivity contribution >= 4 is 23.3 Å². The van der Waals surface area contributed by atoms with Crippen molar-refractivity contribution in [2.24, 2.45) is 0 Å². The maximum atomic E-state index is 5.67. The van der Waals surface area contributed by atoms with Crippen LogP contribution in [-0.4, -0.2) is 38.5 Å². The van der Waals surface area contributed by atoms with Crippen LogP contribution in [0.5, 0.6) is 5.75 Å². The number of methoxy groups -OCH3 is 1. The molecule has 0 N–H and O–H groups in total. The molecule has 0 aliphatic heterocycles. The third kappa shape index (κ3) is 4.67. The van der Waals surface area contributed by atoms with E-state index in [0.717, 1.165) is 16.7 Å². The van der Waals surface area contributed by atoms with Gasteiger partial charge in [-0.05, 0) is 12.1 Å². The van der Waals surface area contributed by atoms with Crippen molar-refractivity contribution in [1.82, 2.24) is 4.98 Å². The number of pyridine rings is 1. The van der Waals surface area contributed by atoms with Crippen LogP contribution in [-0.2, 0) is 9.47 Å². The minimum Gasteiger partial charge on any atom is -0.489 e. The third-order valence-corrected chi connectivity index (χ3v) is 2.51. The highest BCUT2D eigenvalue weighted by atomic mass is 35.5. The zero-order valence-corrected chi connectivity index (χ0v) is 11.7. The maximum Gasteiger partial charge on any atom is 0.145 e. The molecule has 104 valence electrons. The Morgan fingerprint density at radius 2 is 1.79 bits per heavy atom. The molecule has 0 unspecified atom stereocenters. The number of fused-ring (bicyclic) bond motifs is 1. The summed E-state index contributed by atoms with van der Waals surface area (Å²) in [4.78, 5) is 4.32.